The Morgan fingerprint density at radius 1 is 0.820 bits per heavy atom. The summed E-state index contributed by atoms with van der Waals surface area (Å²) >= 11 is 0. The topological polar surface area (TPSA) is 174 Å². The number of rotatable bonds is 24. The van der Waals surface area contributed by atoms with Gasteiger partial charge in [-0.05, 0) is 85.7 Å². The normalized spacial score (nSPS) is 24.3. The van der Waals surface area contributed by atoms with Crippen molar-refractivity contribution in [2.75, 3.05) is 6.54 Å². The lowest BCUT2D eigenvalue weighted by Gasteiger charge is -2.64. The predicted molar refractivity (Wildman–Crippen MR) is 240 cm³/mol. The number of aliphatic hydroxyl groups is 1. The second-order valence-electron chi connectivity index (χ2n) is 19.3. The lowest BCUT2D eigenvalue weighted by Crippen LogP contribution is -2.65. The monoisotopic (exact) mass is 842 g/mol. The molecule has 1 saturated heterocycles. The summed E-state index contributed by atoms with van der Waals surface area (Å²) < 4.78 is 13.1. The SMILES string of the molecule is CCCCC[C@H](NC(=O)[C@H](C)CC(=O)[C@@H](NC(=O)[C@H](CN)CC(=O)c1ccc(-c2ccc(CCCC)cc2)cc1)C(C)O)C(=O)C[C@@H](C)B1OC2C[C@@H]3C[C@@H](C3(C)C)[C@]2(C)O1. The molecule has 3 aliphatic carbocycles. The molecular weight excluding hydrogens is 769 g/mol. The molecule has 1 heterocycles. The first-order chi connectivity index (χ1) is 28.9. The van der Waals surface area contributed by atoms with E-state index < -0.39 is 54.7 Å². The van der Waals surface area contributed by atoms with Gasteiger partial charge in [-0.1, -0.05) is 116 Å². The molecule has 4 aliphatic rings. The molecule has 10 atom stereocenters. The van der Waals surface area contributed by atoms with Crippen LogP contribution in [0.5, 0.6) is 0 Å². The highest BCUT2D eigenvalue weighted by molar-refractivity contribution is 6.47. The molecule has 6 rings (SSSR count). The number of carbonyl (C=O) groups excluding carboxylic acids is 5. The van der Waals surface area contributed by atoms with Crippen LogP contribution in [0, 0.1) is 29.1 Å². The van der Waals surface area contributed by atoms with Crippen LogP contribution in [0.1, 0.15) is 142 Å². The van der Waals surface area contributed by atoms with Gasteiger partial charge in [-0.15, -0.1) is 0 Å². The number of carbonyl (C=O) groups is 5. The van der Waals surface area contributed by atoms with E-state index in [9.17, 15) is 29.1 Å². The Hall–Kier alpha value is -3.71. The van der Waals surface area contributed by atoms with Crippen molar-refractivity contribution in [3.63, 3.8) is 0 Å². The van der Waals surface area contributed by atoms with E-state index >= 15 is 0 Å². The van der Waals surface area contributed by atoms with Crippen LogP contribution >= 0.6 is 0 Å². The molecule has 2 aromatic carbocycles. The van der Waals surface area contributed by atoms with Crippen molar-refractivity contribution in [2.24, 2.45) is 34.8 Å². The third-order valence-corrected chi connectivity index (χ3v) is 14.2. The highest BCUT2D eigenvalue weighted by Crippen LogP contribution is 2.66. The number of amides is 2. The minimum atomic E-state index is -1.32. The highest BCUT2D eigenvalue weighted by atomic mass is 16.7. The van der Waals surface area contributed by atoms with E-state index in [0.29, 0.717) is 23.8 Å². The predicted octanol–water partition coefficient (Wildman–Crippen LogP) is 7.45. The molecule has 4 fully saturated rings. The fourth-order valence-corrected chi connectivity index (χ4v) is 9.91. The molecule has 0 radical (unpaired) electrons. The molecular formula is C49H72BN3O8. The number of ketones is 3. The summed E-state index contributed by atoms with van der Waals surface area (Å²) in [6, 6.07) is 13.6. The van der Waals surface area contributed by atoms with Crippen molar-refractivity contribution in [1.29, 1.82) is 0 Å². The van der Waals surface area contributed by atoms with Crippen LogP contribution in [-0.4, -0.2) is 77.8 Å². The molecule has 0 spiro atoms. The van der Waals surface area contributed by atoms with Gasteiger partial charge in [0.25, 0.3) is 0 Å². The second-order valence-corrected chi connectivity index (χ2v) is 19.3. The van der Waals surface area contributed by atoms with Gasteiger partial charge in [0.15, 0.2) is 17.3 Å². The van der Waals surface area contributed by atoms with Crippen LogP contribution in [-0.2, 0) is 34.9 Å². The Bertz CT molecular complexity index is 1830. The quantitative estimate of drug-likeness (QED) is 0.0476. The molecule has 5 N–H and O–H groups in total. The molecule has 2 amide bonds. The van der Waals surface area contributed by atoms with Crippen LogP contribution in [0.25, 0.3) is 11.1 Å². The van der Waals surface area contributed by atoms with Crippen molar-refractivity contribution in [3.05, 3.63) is 59.7 Å². The maximum absolute atomic E-state index is 13.8. The van der Waals surface area contributed by atoms with Crippen LogP contribution in [0.15, 0.2) is 48.5 Å². The summed E-state index contributed by atoms with van der Waals surface area (Å²) in [5.41, 5.74) is 9.53. The van der Waals surface area contributed by atoms with Gasteiger partial charge >= 0.3 is 7.12 Å². The zero-order valence-corrected chi connectivity index (χ0v) is 38.0. The molecule has 2 bridgehead atoms. The molecule has 1 aliphatic heterocycles. The molecule has 3 saturated carbocycles. The van der Waals surface area contributed by atoms with E-state index in [4.69, 9.17) is 15.0 Å². The summed E-state index contributed by atoms with van der Waals surface area (Å²) in [5.74, 6) is -2.99. The van der Waals surface area contributed by atoms with Gasteiger partial charge in [-0.25, -0.2) is 0 Å². The largest absolute Gasteiger partial charge is 0.461 e. The summed E-state index contributed by atoms with van der Waals surface area (Å²) in [6.07, 6.45) is 6.95. The van der Waals surface area contributed by atoms with Gasteiger partial charge in [0, 0.05) is 37.3 Å². The Balaban J connectivity index is 1.13. The number of Topliss-reactive ketones (excluding diaryl/α,β-unsaturated/α-hetero) is 3. The van der Waals surface area contributed by atoms with Crippen molar-refractivity contribution in [3.8, 4) is 11.1 Å². The smallest absolute Gasteiger partial charge is 0.405 e. The molecule has 2 aromatic rings. The molecule has 12 heteroatoms. The van der Waals surface area contributed by atoms with E-state index in [1.165, 1.54) is 12.5 Å². The Morgan fingerprint density at radius 2 is 1.46 bits per heavy atom. The van der Waals surface area contributed by atoms with E-state index in [2.05, 4.69) is 69.5 Å². The van der Waals surface area contributed by atoms with Crippen molar-refractivity contribution in [1.82, 2.24) is 10.6 Å². The number of nitrogens with one attached hydrogen (secondary N) is 2. The van der Waals surface area contributed by atoms with E-state index in [0.717, 1.165) is 62.5 Å². The molecule has 11 nitrogen and oxygen atoms in total. The summed E-state index contributed by atoms with van der Waals surface area (Å²) in [4.78, 5) is 67.7. The van der Waals surface area contributed by atoms with Gasteiger partial charge in [0.05, 0.1) is 29.8 Å². The number of unbranched alkanes of at least 4 members (excludes halogenated alkanes) is 3. The van der Waals surface area contributed by atoms with Gasteiger partial charge in [0.2, 0.25) is 11.8 Å². The van der Waals surface area contributed by atoms with Crippen LogP contribution in [0.3, 0.4) is 0 Å². The van der Waals surface area contributed by atoms with Crippen molar-refractivity contribution < 1.29 is 38.4 Å². The molecule has 2 unspecified atom stereocenters. The average Bonchev–Trinajstić information content (AvgIpc) is 3.61. The average molecular weight is 842 g/mol. The third kappa shape index (κ3) is 11.5. The van der Waals surface area contributed by atoms with Crippen molar-refractivity contribution >= 4 is 36.3 Å². The molecule has 334 valence electrons. The first kappa shape index (κ1) is 48.3. The highest BCUT2D eigenvalue weighted by Gasteiger charge is 2.68. The van der Waals surface area contributed by atoms with Gasteiger partial charge in [-0.2, -0.15) is 0 Å². The van der Waals surface area contributed by atoms with Gasteiger partial charge < -0.3 is 30.8 Å². The zero-order chi connectivity index (χ0) is 44.6. The Kier molecular flexibility index (Phi) is 16.7. The number of aryl methyl sites for hydroxylation is 1. The minimum Gasteiger partial charge on any atom is -0.405 e. The minimum absolute atomic E-state index is 0.0109. The van der Waals surface area contributed by atoms with Crippen LogP contribution < -0.4 is 16.4 Å². The van der Waals surface area contributed by atoms with E-state index in [1.54, 1.807) is 19.1 Å². The third-order valence-electron chi connectivity index (χ3n) is 14.2. The molecule has 61 heavy (non-hydrogen) atoms. The number of aliphatic hydroxyl groups excluding tert-OH is 1. The molecule has 0 aromatic heterocycles. The first-order valence-corrected chi connectivity index (χ1v) is 23.0. The maximum Gasteiger partial charge on any atom is 0.461 e. The first-order valence-electron chi connectivity index (χ1n) is 23.0. The fraction of sp³-hybridized carbons (Fsp3) is 0.653. The van der Waals surface area contributed by atoms with Gasteiger partial charge in [0.1, 0.15) is 6.04 Å². The fourth-order valence-electron chi connectivity index (χ4n) is 9.91. The number of hydrogen-bond donors (Lipinski definition) is 4. The number of benzene rings is 2. The lowest BCUT2D eigenvalue weighted by molar-refractivity contribution is -0.199. The Labute approximate surface area is 364 Å². The van der Waals surface area contributed by atoms with E-state index in [1.807, 2.05) is 19.1 Å². The zero-order valence-electron chi connectivity index (χ0n) is 38.0. The van der Waals surface area contributed by atoms with E-state index in [-0.39, 0.29) is 60.3 Å². The van der Waals surface area contributed by atoms with Crippen molar-refractivity contribution in [2.45, 2.75) is 168 Å². The summed E-state index contributed by atoms with van der Waals surface area (Å²) in [7, 11) is -0.502. The van der Waals surface area contributed by atoms with Gasteiger partial charge in [-0.3, -0.25) is 24.0 Å². The van der Waals surface area contributed by atoms with Crippen LogP contribution in [0.2, 0.25) is 5.82 Å². The number of nitrogens with two attached hydrogens (primary N) is 1. The lowest BCUT2D eigenvalue weighted by atomic mass is 9.43. The Morgan fingerprint density at radius 3 is 2.05 bits per heavy atom. The summed E-state index contributed by atoms with van der Waals surface area (Å²) in [5, 5.41) is 16.1. The number of hydrogen-bond acceptors (Lipinski definition) is 9. The second kappa shape index (κ2) is 21.1. The van der Waals surface area contributed by atoms with Crippen LogP contribution in [0.4, 0.5) is 0 Å². The standard InChI is InChI=1S/C49H72BN3O8/c1-9-11-13-15-39(41(56)25-31(4)50-60-44-28-38-27-43(48(38,6)7)49(44,8)61-50)52-46(58)30(3)24-42(57)45(32(5)54)53-47(59)37(29-51)26-40(55)36-22-20-35(21-23-36)34-18-16-33(17-19-34)14-12-10-2/h16-23,30-32,37-39,43-45,54H,9-15,24-29,51H2,1-8H3,(H,52,58)(H,53,59)/t30-,31-,32?,37+,38+,39+,43+,44?,45+,49+/m1/s1. The summed E-state index contributed by atoms with van der Waals surface area (Å²) in [6.45, 7) is 15.8. The maximum atomic E-state index is 13.8.